The monoisotopic (exact) mass is 489 g/mol. The molecule has 0 fully saturated rings. The number of amides is 1. The summed E-state index contributed by atoms with van der Waals surface area (Å²) in [6.07, 6.45) is -4.61. The highest BCUT2D eigenvalue weighted by Gasteiger charge is 2.32. The number of furan rings is 1. The molecule has 0 radical (unpaired) electrons. The van der Waals surface area contributed by atoms with E-state index in [0.717, 1.165) is 18.2 Å². The molecule has 3 heterocycles. The third-order valence-corrected chi connectivity index (χ3v) is 5.28. The summed E-state index contributed by atoms with van der Waals surface area (Å²) in [7, 11) is 1.47. The minimum Gasteiger partial charge on any atom is -0.489 e. The average molecular weight is 489 g/mol. The maximum atomic E-state index is 13.4. The Balaban J connectivity index is 1.78. The first kappa shape index (κ1) is 24.3. The van der Waals surface area contributed by atoms with Gasteiger partial charge >= 0.3 is 6.18 Å². The number of fused-ring (bicyclic) bond motifs is 1. The Kier molecular flexibility index (Phi) is 6.53. The lowest BCUT2D eigenvalue weighted by Gasteiger charge is -2.16. The molecule has 3 aromatic heterocycles. The Morgan fingerprint density at radius 1 is 1.11 bits per heavy atom. The quantitative estimate of drug-likeness (QED) is 0.332. The number of hydrogen-bond acceptors (Lipinski definition) is 7. The standard InChI is InChI=1S/C24H22F3N3O5/c1-12-9-16(14(3)34-12)18-11-17(21-13(2)30-35-23(21)29-18)22(31)28-19-10-15(24(25,26)27)5-6-20(19)33-8-7-32-4/h5-6,9-11H,7-8H2,1-4H3,(H,28,31). The second kappa shape index (κ2) is 9.41. The number of pyridine rings is 1. The van der Waals surface area contributed by atoms with Crippen LogP contribution in [0.5, 0.6) is 5.75 Å². The van der Waals surface area contributed by atoms with E-state index in [1.165, 1.54) is 13.2 Å². The van der Waals surface area contributed by atoms with Crippen LogP contribution >= 0.6 is 0 Å². The van der Waals surface area contributed by atoms with Gasteiger partial charge in [0.25, 0.3) is 11.6 Å². The highest BCUT2D eigenvalue weighted by Crippen LogP contribution is 2.36. The maximum Gasteiger partial charge on any atom is 0.416 e. The van der Waals surface area contributed by atoms with E-state index in [1.807, 2.05) is 0 Å². The van der Waals surface area contributed by atoms with Crippen LogP contribution in [0.2, 0.25) is 0 Å². The van der Waals surface area contributed by atoms with Crippen molar-refractivity contribution < 1.29 is 36.4 Å². The van der Waals surface area contributed by atoms with Gasteiger partial charge in [0.05, 0.1) is 40.2 Å². The zero-order chi connectivity index (χ0) is 25.3. The zero-order valence-corrected chi connectivity index (χ0v) is 19.4. The SMILES string of the molecule is COCCOc1ccc(C(F)(F)F)cc1NC(=O)c1cc(-c2cc(C)oc2C)nc2onc(C)c12. The van der Waals surface area contributed by atoms with E-state index in [0.29, 0.717) is 33.9 Å². The van der Waals surface area contributed by atoms with Gasteiger partial charge in [0.1, 0.15) is 23.9 Å². The van der Waals surface area contributed by atoms with Crippen molar-refractivity contribution in [1.82, 2.24) is 10.1 Å². The van der Waals surface area contributed by atoms with Crippen LogP contribution in [0.1, 0.15) is 33.1 Å². The number of nitrogens with one attached hydrogen (secondary N) is 1. The van der Waals surface area contributed by atoms with Crippen LogP contribution in [-0.4, -0.2) is 36.4 Å². The Hall–Kier alpha value is -3.86. The van der Waals surface area contributed by atoms with Gasteiger partial charge in [-0.2, -0.15) is 13.2 Å². The largest absolute Gasteiger partial charge is 0.489 e. The van der Waals surface area contributed by atoms with Crippen molar-refractivity contribution in [2.75, 3.05) is 25.6 Å². The number of hydrogen-bond donors (Lipinski definition) is 1. The first-order valence-corrected chi connectivity index (χ1v) is 10.6. The molecule has 4 rings (SSSR count). The second-order valence-electron chi connectivity index (χ2n) is 7.83. The molecule has 0 bridgehead atoms. The lowest BCUT2D eigenvalue weighted by molar-refractivity contribution is -0.137. The van der Waals surface area contributed by atoms with Crippen molar-refractivity contribution in [3.05, 3.63) is 58.7 Å². The third-order valence-electron chi connectivity index (χ3n) is 5.28. The van der Waals surface area contributed by atoms with E-state index in [4.69, 9.17) is 18.4 Å². The number of benzene rings is 1. The molecule has 0 spiro atoms. The molecule has 4 aromatic rings. The molecule has 1 amide bonds. The molecule has 0 atom stereocenters. The Labute approximate surface area is 198 Å². The van der Waals surface area contributed by atoms with Crippen LogP contribution < -0.4 is 10.1 Å². The van der Waals surface area contributed by atoms with Crippen molar-refractivity contribution in [3.8, 4) is 17.0 Å². The smallest absolute Gasteiger partial charge is 0.416 e. The zero-order valence-electron chi connectivity index (χ0n) is 19.4. The first-order chi connectivity index (χ1) is 16.6. The molecule has 0 unspecified atom stereocenters. The average Bonchev–Trinajstić information content (AvgIpc) is 3.34. The maximum absolute atomic E-state index is 13.4. The van der Waals surface area contributed by atoms with Gasteiger partial charge < -0.3 is 23.7 Å². The Bertz CT molecular complexity index is 1390. The summed E-state index contributed by atoms with van der Waals surface area (Å²) >= 11 is 0. The van der Waals surface area contributed by atoms with Gasteiger partial charge in [0.15, 0.2) is 0 Å². The number of ether oxygens (including phenoxy) is 2. The van der Waals surface area contributed by atoms with Crippen LogP contribution in [0.4, 0.5) is 18.9 Å². The second-order valence-corrected chi connectivity index (χ2v) is 7.83. The van der Waals surface area contributed by atoms with Crippen LogP contribution in [0.15, 0.2) is 39.3 Å². The van der Waals surface area contributed by atoms with E-state index in [-0.39, 0.29) is 35.9 Å². The van der Waals surface area contributed by atoms with Gasteiger partial charge in [0.2, 0.25) is 0 Å². The number of aromatic nitrogens is 2. The fraction of sp³-hybridized carbons (Fsp3) is 0.292. The molecule has 1 N–H and O–H groups in total. The first-order valence-electron chi connectivity index (χ1n) is 10.6. The summed E-state index contributed by atoms with van der Waals surface area (Å²) in [6, 6.07) is 6.16. The number of methoxy groups -OCH3 is 1. The predicted octanol–water partition coefficient (Wildman–Crippen LogP) is 5.70. The van der Waals surface area contributed by atoms with Crippen molar-refractivity contribution in [2.24, 2.45) is 0 Å². The Morgan fingerprint density at radius 3 is 2.54 bits per heavy atom. The Morgan fingerprint density at radius 2 is 1.89 bits per heavy atom. The number of alkyl halides is 3. The summed E-state index contributed by atoms with van der Waals surface area (Å²) in [5.41, 5.74) is 0.620. The molecule has 0 aliphatic heterocycles. The van der Waals surface area contributed by atoms with E-state index >= 15 is 0 Å². The fourth-order valence-electron chi connectivity index (χ4n) is 3.65. The van der Waals surface area contributed by atoms with Crippen molar-refractivity contribution in [2.45, 2.75) is 26.9 Å². The number of nitrogens with zero attached hydrogens (tertiary/aromatic N) is 2. The lowest BCUT2D eigenvalue weighted by atomic mass is 10.0. The van der Waals surface area contributed by atoms with E-state index in [9.17, 15) is 18.0 Å². The van der Waals surface area contributed by atoms with Crippen molar-refractivity contribution in [3.63, 3.8) is 0 Å². The van der Waals surface area contributed by atoms with Gasteiger partial charge in [-0.05, 0) is 51.1 Å². The van der Waals surface area contributed by atoms with E-state index in [2.05, 4.69) is 15.5 Å². The van der Waals surface area contributed by atoms with Crippen LogP contribution in [-0.2, 0) is 10.9 Å². The summed E-state index contributed by atoms with van der Waals surface area (Å²) in [5.74, 6) is 0.626. The van der Waals surface area contributed by atoms with Gasteiger partial charge in [-0.3, -0.25) is 4.79 Å². The number of carbonyl (C=O) groups excluding carboxylic acids is 1. The van der Waals surface area contributed by atoms with Crippen LogP contribution in [0.3, 0.4) is 0 Å². The van der Waals surface area contributed by atoms with Crippen molar-refractivity contribution >= 4 is 22.7 Å². The normalized spacial score (nSPS) is 11.7. The lowest BCUT2D eigenvalue weighted by Crippen LogP contribution is -2.16. The molecule has 184 valence electrons. The van der Waals surface area contributed by atoms with Gasteiger partial charge in [-0.25, -0.2) is 4.98 Å². The molecule has 0 aliphatic rings. The highest BCUT2D eigenvalue weighted by atomic mass is 19.4. The molecule has 0 saturated heterocycles. The molecule has 8 nitrogen and oxygen atoms in total. The number of aryl methyl sites for hydroxylation is 3. The minimum absolute atomic E-state index is 0.0669. The fourth-order valence-corrected chi connectivity index (χ4v) is 3.65. The summed E-state index contributed by atoms with van der Waals surface area (Å²) < 4.78 is 61.4. The molecule has 1 aromatic carbocycles. The van der Waals surface area contributed by atoms with Crippen LogP contribution in [0, 0.1) is 20.8 Å². The minimum atomic E-state index is -4.61. The van der Waals surface area contributed by atoms with E-state index < -0.39 is 17.6 Å². The topological polar surface area (TPSA) is 99.6 Å². The van der Waals surface area contributed by atoms with Crippen LogP contribution in [0.25, 0.3) is 22.4 Å². The summed E-state index contributed by atoms with van der Waals surface area (Å²) in [5, 5.41) is 6.79. The number of carbonyl (C=O) groups is 1. The van der Waals surface area contributed by atoms with Gasteiger partial charge in [-0.1, -0.05) is 5.16 Å². The van der Waals surface area contributed by atoms with Gasteiger partial charge in [-0.15, -0.1) is 0 Å². The molecule has 0 saturated carbocycles. The summed E-state index contributed by atoms with van der Waals surface area (Å²) in [6.45, 7) is 5.47. The van der Waals surface area contributed by atoms with Crippen molar-refractivity contribution in [1.29, 1.82) is 0 Å². The number of halogens is 3. The number of rotatable bonds is 7. The summed E-state index contributed by atoms with van der Waals surface area (Å²) in [4.78, 5) is 17.8. The third kappa shape index (κ3) is 4.99. The molecule has 0 aliphatic carbocycles. The molecular formula is C24H22F3N3O5. The highest BCUT2D eigenvalue weighted by molar-refractivity contribution is 6.13. The molecule has 11 heteroatoms. The van der Waals surface area contributed by atoms with E-state index in [1.54, 1.807) is 26.8 Å². The molecule has 35 heavy (non-hydrogen) atoms. The number of anilines is 1. The predicted molar refractivity (Wildman–Crippen MR) is 120 cm³/mol. The molecular weight excluding hydrogens is 467 g/mol. The van der Waals surface area contributed by atoms with Gasteiger partial charge in [0, 0.05) is 12.7 Å².